The van der Waals surface area contributed by atoms with Gasteiger partial charge in [-0.3, -0.25) is 4.99 Å². The first-order valence-electron chi connectivity index (χ1n) is 8.72. The monoisotopic (exact) mass is 451 g/mol. The zero-order chi connectivity index (χ0) is 17.2. The molecule has 0 spiro atoms. The van der Waals surface area contributed by atoms with Crippen LogP contribution in [0.3, 0.4) is 0 Å². The lowest BCUT2D eigenvalue weighted by Crippen LogP contribution is -2.42. The number of aromatic nitrogens is 2. The number of halogens is 1. The summed E-state index contributed by atoms with van der Waals surface area (Å²) < 4.78 is 5.24. The topological polar surface area (TPSA) is 75.3 Å². The maximum Gasteiger partial charge on any atom is 0.226 e. The van der Waals surface area contributed by atoms with E-state index in [-0.39, 0.29) is 24.0 Å². The van der Waals surface area contributed by atoms with Crippen LogP contribution < -0.4 is 10.6 Å². The van der Waals surface area contributed by atoms with E-state index in [2.05, 4.69) is 60.4 Å². The Bertz CT molecular complexity index is 473. The van der Waals surface area contributed by atoms with Crippen molar-refractivity contribution in [2.75, 3.05) is 13.6 Å². The Hall–Kier alpha value is -0.860. The number of rotatable bonds is 9. The minimum Gasteiger partial charge on any atom is -0.356 e. The van der Waals surface area contributed by atoms with E-state index in [9.17, 15) is 0 Å². The van der Waals surface area contributed by atoms with Crippen molar-refractivity contribution in [3.05, 3.63) is 11.7 Å². The van der Waals surface area contributed by atoms with Crippen LogP contribution in [-0.4, -0.2) is 35.7 Å². The summed E-state index contributed by atoms with van der Waals surface area (Å²) in [5, 5.41) is 10.7. The second-order valence-electron chi connectivity index (χ2n) is 6.82. The zero-order valence-corrected chi connectivity index (χ0v) is 18.3. The minimum absolute atomic E-state index is 0. The Labute approximate surface area is 163 Å². The molecule has 0 amide bonds. The molecule has 0 bridgehead atoms. The number of hydrogen-bond donors (Lipinski definition) is 2. The average Bonchev–Trinajstić information content (AvgIpc) is 2.97. The van der Waals surface area contributed by atoms with Gasteiger partial charge in [0.1, 0.15) is 0 Å². The maximum atomic E-state index is 5.24. The summed E-state index contributed by atoms with van der Waals surface area (Å²) in [6, 6.07) is 0.424. The van der Waals surface area contributed by atoms with Gasteiger partial charge in [0.05, 0.1) is 0 Å². The summed E-state index contributed by atoms with van der Waals surface area (Å²) in [7, 11) is 1.80. The molecule has 1 unspecified atom stereocenters. The van der Waals surface area contributed by atoms with Crippen molar-refractivity contribution in [1.29, 1.82) is 0 Å². The van der Waals surface area contributed by atoms with E-state index in [1.54, 1.807) is 7.05 Å². The first kappa shape index (κ1) is 23.1. The lowest BCUT2D eigenvalue weighted by Gasteiger charge is -2.18. The van der Waals surface area contributed by atoms with Gasteiger partial charge in [0.25, 0.3) is 0 Å². The Morgan fingerprint density at radius 2 is 1.88 bits per heavy atom. The molecule has 1 aromatic heterocycles. The van der Waals surface area contributed by atoms with E-state index in [4.69, 9.17) is 4.52 Å². The van der Waals surface area contributed by atoms with Gasteiger partial charge in [-0.1, -0.05) is 32.9 Å². The van der Waals surface area contributed by atoms with Crippen LogP contribution in [0.5, 0.6) is 0 Å². The van der Waals surface area contributed by atoms with Crippen molar-refractivity contribution in [2.24, 2.45) is 10.9 Å². The molecule has 0 aliphatic heterocycles. The van der Waals surface area contributed by atoms with Crippen molar-refractivity contribution in [3.63, 3.8) is 0 Å². The standard InChI is InChI=1S/C17H33N5O.HI/c1-12(2)9-10-14(5)20-17(18-6)19-11-7-8-15-21-16(13(3)4)22-23-15;/h12-14H,7-11H2,1-6H3,(H2,18,19,20);1H. The smallest absolute Gasteiger partial charge is 0.226 e. The van der Waals surface area contributed by atoms with Crippen molar-refractivity contribution in [2.45, 2.75) is 72.3 Å². The maximum absolute atomic E-state index is 5.24. The van der Waals surface area contributed by atoms with Gasteiger partial charge in [-0.25, -0.2) is 0 Å². The number of aryl methyl sites for hydroxylation is 1. The molecule has 6 nitrogen and oxygen atoms in total. The first-order chi connectivity index (χ1) is 10.9. The van der Waals surface area contributed by atoms with Crippen LogP contribution in [0.2, 0.25) is 0 Å². The van der Waals surface area contributed by atoms with Gasteiger partial charge in [0.2, 0.25) is 5.89 Å². The molecular formula is C17H34IN5O. The van der Waals surface area contributed by atoms with Gasteiger partial charge in [0.15, 0.2) is 11.8 Å². The summed E-state index contributed by atoms with van der Waals surface area (Å²) in [6.45, 7) is 11.7. The van der Waals surface area contributed by atoms with E-state index in [1.807, 2.05) is 0 Å². The highest BCUT2D eigenvalue weighted by Crippen LogP contribution is 2.10. The summed E-state index contributed by atoms with van der Waals surface area (Å²) in [5.41, 5.74) is 0. The Morgan fingerprint density at radius 3 is 2.42 bits per heavy atom. The van der Waals surface area contributed by atoms with E-state index in [1.165, 1.54) is 6.42 Å². The summed E-state index contributed by atoms with van der Waals surface area (Å²) in [4.78, 5) is 8.65. The third-order valence-electron chi connectivity index (χ3n) is 3.64. The normalized spacial score (nSPS) is 13.1. The van der Waals surface area contributed by atoms with Gasteiger partial charge >= 0.3 is 0 Å². The third-order valence-corrected chi connectivity index (χ3v) is 3.64. The number of nitrogens with one attached hydrogen (secondary N) is 2. The predicted molar refractivity (Wildman–Crippen MR) is 110 cm³/mol. The van der Waals surface area contributed by atoms with Crippen LogP contribution in [0, 0.1) is 5.92 Å². The molecule has 1 aromatic rings. The van der Waals surface area contributed by atoms with Gasteiger partial charge in [0, 0.05) is 32.0 Å². The molecule has 0 saturated carbocycles. The van der Waals surface area contributed by atoms with Crippen LogP contribution in [0.25, 0.3) is 0 Å². The van der Waals surface area contributed by atoms with Crippen LogP contribution in [0.1, 0.15) is 71.5 Å². The Morgan fingerprint density at radius 1 is 1.17 bits per heavy atom. The van der Waals surface area contributed by atoms with E-state index in [0.717, 1.165) is 43.5 Å². The zero-order valence-electron chi connectivity index (χ0n) is 15.9. The van der Waals surface area contributed by atoms with Crippen LogP contribution in [-0.2, 0) is 6.42 Å². The molecule has 1 atom stereocenters. The summed E-state index contributed by atoms with van der Waals surface area (Å²) in [6.07, 6.45) is 4.09. The van der Waals surface area contributed by atoms with Gasteiger partial charge in [-0.2, -0.15) is 4.98 Å². The fourth-order valence-electron chi connectivity index (χ4n) is 2.13. The molecule has 1 heterocycles. The molecule has 0 aliphatic rings. The number of aliphatic imine (C=N–C) groups is 1. The van der Waals surface area contributed by atoms with E-state index in [0.29, 0.717) is 17.9 Å². The number of hydrogen-bond acceptors (Lipinski definition) is 4. The highest BCUT2D eigenvalue weighted by Gasteiger charge is 2.10. The molecule has 0 saturated heterocycles. The number of guanidine groups is 1. The molecule has 2 N–H and O–H groups in total. The average molecular weight is 451 g/mol. The van der Waals surface area contributed by atoms with Crippen molar-refractivity contribution in [3.8, 4) is 0 Å². The quantitative estimate of drug-likeness (QED) is 0.259. The molecule has 0 aliphatic carbocycles. The van der Waals surface area contributed by atoms with E-state index < -0.39 is 0 Å². The molecule has 7 heteroatoms. The molecule has 24 heavy (non-hydrogen) atoms. The molecule has 0 fully saturated rings. The van der Waals surface area contributed by atoms with Crippen molar-refractivity contribution >= 4 is 29.9 Å². The van der Waals surface area contributed by atoms with Crippen LogP contribution >= 0.6 is 24.0 Å². The van der Waals surface area contributed by atoms with Gasteiger partial charge in [-0.15, -0.1) is 24.0 Å². The summed E-state index contributed by atoms with van der Waals surface area (Å²) in [5.74, 6) is 3.39. The summed E-state index contributed by atoms with van der Waals surface area (Å²) >= 11 is 0. The number of nitrogens with zero attached hydrogens (tertiary/aromatic N) is 3. The lowest BCUT2D eigenvalue weighted by atomic mass is 10.0. The van der Waals surface area contributed by atoms with Crippen molar-refractivity contribution in [1.82, 2.24) is 20.8 Å². The molecule has 1 rings (SSSR count). The minimum atomic E-state index is 0. The molecule has 0 aromatic carbocycles. The van der Waals surface area contributed by atoms with Crippen molar-refractivity contribution < 1.29 is 4.52 Å². The Balaban J connectivity index is 0.00000529. The van der Waals surface area contributed by atoms with Gasteiger partial charge in [-0.05, 0) is 32.1 Å². The SMILES string of the molecule is CN=C(NCCCc1nc(C(C)C)no1)NC(C)CCC(C)C.I. The third kappa shape index (κ3) is 9.44. The second-order valence-corrected chi connectivity index (χ2v) is 6.82. The highest BCUT2D eigenvalue weighted by molar-refractivity contribution is 14.0. The molecular weight excluding hydrogens is 417 g/mol. The highest BCUT2D eigenvalue weighted by atomic mass is 127. The van der Waals surface area contributed by atoms with Crippen LogP contribution in [0.15, 0.2) is 9.52 Å². The Kier molecular flexibility index (Phi) is 12.0. The first-order valence-corrected chi connectivity index (χ1v) is 8.72. The predicted octanol–water partition coefficient (Wildman–Crippen LogP) is 3.73. The largest absolute Gasteiger partial charge is 0.356 e. The fraction of sp³-hybridized carbons (Fsp3) is 0.824. The molecule has 0 radical (unpaired) electrons. The van der Waals surface area contributed by atoms with Gasteiger partial charge < -0.3 is 15.2 Å². The molecule has 140 valence electrons. The van der Waals surface area contributed by atoms with E-state index >= 15 is 0 Å². The fourth-order valence-corrected chi connectivity index (χ4v) is 2.13. The van der Waals surface area contributed by atoms with Crippen LogP contribution in [0.4, 0.5) is 0 Å². The lowest BCUT2D eigenvalue weighted by molar-refractivity contribution is 0.368. The second kappa shape index (κ2) is 12.5.